The molecule has 0 aliphatic rings. The average Bonchev–Trinajstić information content (AvgIpc) is 3.46. The number of aromatic nitrogens is 3. The van der Waals surface area contributed by atoms with Gasteiger partial charge in [-0.15, -0.1) is 0 Å². The minimum absolute atomic E-state index is 0.0775. The maximum Gasteiger partial charge on any atom is 0.251 e. The Bertz CT molecular complexity index is 1690. The van der Waals surface area contributed by atoms with Crippen LogP contribution in [0, 0.1) is 11.7 Å². The average molecular weight is 536 g/mol. The van der Waals surface area contributed by atoms with Crippen LogP contribution in [0.25, 0.3) is 33.5 Å². The fourth-order valence-electron chi connectivity index (χ4n) is 4.53. The quantitative estimate of drug-likeness (QED) is 0.248. The molecular weight excluding hydrogens is 505 g/mol. The van der Waals surface area contributed by atoms with Gasteiger partial charge in [-0.1, -0.05) is 50.2 Å². The molecule has 1 atom stereocenters. The van der Waals surface area contributed by atoms with Crippen LogP contribution in [0.3, 0.4) is 0 Å². The number of hydrogen-bond acceptors (Lipinski definition) is 4. The lowest BCUT2D eigenvalue weighted by Crippen LogP contribution is -2.31. The standard InChI is InChI=1S/C32H30FN5O2/c1-19(2)32(40)38(4)27-14-24(13-25(15-27)31(39)36-20(3)21-9-11-26(33)12-10-21)29-18-35-30(37-29)28-16-22-7-5-6-8-23(22)17-34-28/h5-20H,1-4H3,(H,35,37)(H,36,39)/t20-/m1/s1. The van der Waals surface area contributed by atoms with Crippen LogP contribution < -0.4 is 10.2 Å². The summed E-state index contributed by atoms with van der Waals surface area (Å²) in [7, 11) is 1.69. The minimum Gasteiger partial charge on any atom is -0.346 e. The minimum atomic E-state index is -0.355. The molecular formula is C32H30FN5O2. The van der Waals surface area contributed by atoms with E-state index in [-0.39, 0.29) is 29.6 Å². The fourth-order valence-corrected chi connectivity index (χ4v) is 4.53. The zero-order valence-electron chi connectivity index (χ0n) is 22.8. The largest absolute Gasteiger partial charge is 0.346 e. The number of halogens is 1. The van der Waals surface area contributed by atoms with E-state index in [1.54, 1.807) is 42.4 Å². The molecule has 0 spiro atoms. The number of nitrogens with one attached hydrogen (secondary N) is 2. The SMILES string of the molecule is CC(C)C(=O)N(C)c1cc(C(=O)N[C@H](C)c2ccc(F)cc2)cc(-c2c[nH]c(-c3cc4ccccc4cn3)n2)c1. The van der Waals surface area contributed by atoms with Crippen molar-refractivity contribution in [3.05, 3.63) is 102 Å². The highest BCUT2D eigenvalue weighted by molar-refractivity contribution is 6.00. The molecule has 0 radical (unpaired) electrons. The number of amides is 2. The van der Waals surface area contributed by atoms with Gasteiger partial charge in [0.25, 0.3) is 5.91 Å². The van der Waals surface area contributed by atoms with Gasteiger partial charge in [-0.25, -0.2) is 9.37 Å². The van der Waals surface area contributed by atoms with Gasteiger partial charge in [-0.2, -0.15) is 0 Å². The second-order valence-electron chi connectivity index (χ2n) is 10.1. The lowest BCUT2D eigenvalue weighted by atomic mass is 10.0. The summed E-state index contributed by atoms with van der Waals surface area (Å²) >= 11 is 0. The van der Waals surface area contributed by atoms with E-state index < -0.39 is 0 Å². The number of rotatable bonds is 7. The highest BCUT2D eigenvalue weighted by Crippen LogP contribution is 2.29. The molecule has 0 unspecified atom stereocenters. The third-order valence-corrected chi connectivity index (χ3v) is 6.86. The zero-order chi connectivity index (χ0) is 28.4. The number of pyridine rings is 1. The second kappa shape index (κ2) is 11.1. The van der Waals surface area contributed by atoms with E-state index in [1.807, 2.05) is 63.4 Å². The summed E-state index contributed by atoms with van der Waals surface area (Å²) < 4.78 is 13.4. The van der Waals surface area contributed by atoms with Crippen molar-refractivity contribution < 1.29 is 14.0 Å². The van der Waals surface area contributed by atoms with E-state index in [2.05, 4.69) is 15.3 Å². The Morgan fingerprint density at radius 1 is 0.925 bits per heavy atom. The van der Waals surface area contributed by atoms with Crippen LogP contribution in [0.15, 0.2) is 85.2 Å². The van der Waals surface area contributed by atoms with E-state index in [4.69, 9.17) is 4.98 Å². The first-order valence-corrected chi connectivity index (χ1v) is 13.1. The Balaban J connectivity index is 1.50. The van der Waals surface area contributed by atoms with Crippen molar-refractivity contribution in [2.45, 2.75) is 26.8 Å². The number of hydrogen-bond donors (Lipinski definition) is 2. The van der Waals surface area contributed by atoms with Crippen molar-refractivity contribution in [2.75, 3.05) is 11.9 Å². The molecule has 202 valence electrons. The molecule has 3 aromatic carbocycles. The number of fused-ring (bicyclic) bond motifs is 1. The lowest BCUT2D eigenvalue weighted by Gasteiger charge is -2.21. The first-order valence-electron chi connectivity index (χ1n) is 13.1. The van der Waals surface area contributed by atoms with Crippen molar-refractivity contribution in [2.24, 2.45) is 5.92 Å². The maximum atomic E-state index is 13.4. The molecule has 0 saturated carbocycles. The molecule has 0 aliphatic carbocycles. The molecule has 5 aromatic rings. The van der Waals surface area contributed by atoms with Crippen molar-refractivity contribution in [1.29, 1.82) is 0 Å². The van der Waals surface area contributed by atoms with Gasteiger partial charge in [-0.3, -0.25) is 14.6 Å². The molecule has 2 heterocycles. The van der Waals surface area contributed by atoms with Gasteiger partial charge in [0.15, 0.2) is 5.82 Å². The number of imidazole rings is 1. The molecule has 2 amide bonds. The van der Waals surface area contributed by atoms with Crippen LogP contribution in [-0.2, 0) is 4.79 Å². The van der Waals surface area contributed by atoms with E-state index in [0.29, 0.717) is 34.0 Å². The van der Waals surface area contributed by atoms with E-state index in [0.717, 1.165) is 16.3 Å². The Labute approximate surface area is 232 Å². The predicted octanol–water partition coefficient (Wildman–Crippen LogP) is 6.54. The van der Waals surface area contributed by atoms with Gasteiger partial charge in [-0.05, 0) is 54.3 Å². The summed E-state index contributed by atoms with van der Waals surface area (Å²) in [5.41, 5.74) is 3.70. The molecule has 0 saturated heterocycles. The van der Waals surface area contributed by atoms with Crippen molar-refractivity contribution in [3.63, 3.8) is 0 Å². The number of carbonyl (C=O) groups excluding carboxylic acids is 2. The molecule has 0 aliphatic heterocycles. The first-order chi connectivity index (χ1) is 19.2. The smallest absolute Gasteiger partial charge is 0.251 e. The van der Waals surface area contributed by atoms with E-state index in [9.17, 15) is 14.0 Å². The zero-order valence-corrected chi connectivity index (χ0v) is 22.8. The van der Waals surface area contributed by atoms with Gasteiger partial charge < -0.3 is 15.2 Å². The van der Waals surface area contributed by atoms with Gasteiger partial charge in [0, 0.05) is 47.6 Å². The first kappa shape index (κ1) is 26.7. The van der Waals surface area contributed by atoms with Crippen LogP contribution >= 0.6 is 0 Å². The molecule has 0 fully saturated rings. The van der Waals surface area contributed by atoms with Crippen molar-refractivity contribution in [1.82, 2.24) is 20.3 Å². The summed E-state index contributed by atoms with van der Waals surface area (Å²) in [5.74, 6) is -0.368. The normalized spacial score (nSPS) is 11.9. The Morgan fingerprint density at radius 2 is 1.65 bits per heavy atom. The van der Waals surface area contributed by atoms with E-state index >= 15 is 0 Å². The van der Waals surface area contributed by atoms with E-state index in [1.165, 1.54) is 12.1 Å². The summed E-state index contributed by atoms with van der Waals surface area (Å²) in [5, 5.41) is 5.06. The van der Waals surface area contributed by atoms with Crippen molar-refractivity contribution >= 4 is 28.3 Å². The van der Waals surface area contributed by atoms with Gasteiger partial charge in [0.1, 0.15) is 11.5 Å². The summed E-state index contributed by atoms with van der Waals surface area (Å²) in [6.45, 7) is 5.50. The number of aromatic amines is 1. The number of carbonyl (C=O) groups is 2. The van der Waals surface area contributed by atoms with Crippen LogP contribution in [0.1, 0.15) is 42.7 Å². The highest BCUT2D eigenvalue weighted by atomic mass is 19.1. The third kappa shape index (κ3) is 5.61. The topological polar surface area (TPSA) is 91.0 Å². The molecule has 2 N–H and O–H groups in total. The monoisotopic (exact) mass is 535 g/mol. The van der Waals surface area contributed by atoms with Gasteiger partial charge in [0.05, 0.1) is 11.7 Å². The molecule has 0 bridgehead atoms. The second-order valence-corrected chi connectivity index (χ2v) is 10.1. The number of benzene rings is 3. The highest BCUT2D eigenvalue weighted by Gasteiger charge is 2.20. The molecule has 2 aromatic heterocycles. The Kier molecular flexibility index (Phi) is 7.42. The summed E-state index contributed by atoms with van der Waals surface area (Å²) in [6.07, 6.45) is 3.57. The Hall–Kier alpha value is -4.85. The fraction of sp³-hybridized carbons (Fsp3) is 0.188. The van der Waals surface area contributed by atoms with Gasteiger partial charge >= 0.3 is 0 Å². The molecule has 40 heavy (non-hydrogen) atoms. The van der Waals surface area contributed by atoms with Crippen LogP contribution in [0.5, 0.6) is 0 Å². The van der Waals surface area contributed by atoms with Gasteiger partial charge in [0.2, 0.25) is 5.91 Å². The molecule has 7 nitrogen and oxygen atoms in total. The number of H-pyrrole nitrogens is 1. The molecule has 5 rings (SSSR count). The number of nitrogens with zero attached hydrogens (tertiary/aromatic N) is 3. The maximum absolute atomic E-state index is 13.4. The summed E-state index contributed by atoms with van der Waals surface area (Å²) in [6, 6.07) is 20.9. The van der Waals surface area contributed by atoms with Crippen LogP contribution in [-0.4, -0.2) is 33.8 Å². The third-order valence-electron chi connectivity index (χ3n) is 6.86. The van der Waals surface area contributed by atoms with Crippen LogP contribution in [0.2, 0.25) is 0 Å². The van der Waals surface area contributed by atoms with Crippen molar-refractivity contribution in [3.8, 4) is 22.8 Å². The lowest BCUT2D eigenvalue weighted by molar-refractivity contribution is -0.121. The number of anilines is 1. The predicted molar refractivity (Wildman–Crippen MR) is 155 cm³/mol. The van der Waals surface area contributed by atoms with Crippen LogP contribution in [0.4, 0.5) is 10.1 Å². The Morgan fingerprint density at radius 3 is 2.38 bits per heavy atom. The summed E-state index contributed by atoms with van der Waals surface area (Å²) in [4.78, 5) is 40.3. The molecule has 8 heteroatoms.